The van der Waals surface area contributed by atoms with Gasteiger partial charge in [-0.1, -0.05) is 12.1 Å². The Labute approximate surface area is 194 Å². The van der Waals surface area contributed by atoms with Gasteiger partial charge in [-0.2, -0.15) is 5.26 Å². The van der Waals surface area contributed by atoms with Gasteiger partial charge in [0.25, 0.3) is 5.91 Å². The van der Waals surface area contributed by atoms with E-state index in [2.05, 4.69) is 9.97 Å². The third-order valence-corrected chi connectivity index (χ3v) is 7.03. The molecule has 0 aliphatic carbocycles. The molecule has 1 fully saturated rings. The van der Waals surface area contributed by atoms with Gasteiger partial charge >= 0.3 is 0 Å². The molecule has 1 aliphatic rings. The van der Waals surface area contributed by atoms with E-state index in [1.807, 2.05) is 30.3 Å². The minimum atomic E-state index is -0.589. The molecule has 5 rings (SSSR count). The van der Waals surface area contributed by atoms with E-state index in [9.17, 15) is 9.18 Å². The van der Waals surface area contributed by atoms with Crippen LogP contribution in [0.2, 0.25) is 0 Å². The van der Waals surface area contributed by atoms with Crippen molar-refractivity contribution in [2.75, 3.05) is 13.1 Å². The number of nitrogens with zero attached hydrogens (tertiary/aromatic N) is 4. The summed E-state index contributed by atoms with van der Waals surface area (Å²) in [5.41, 5.74) is 9.12. The number of halogens is 1. The molecule has 1 unspecified atom stereocenters. The molecule has 0 bridgehead atoms. The molecule has 0 radical (unpaired) electrons. The highest BCUT2D eigenvalue weighted by molar-refractivity contribution is 7.18. The number of carbonyl (C=O) groups is 1. The molecule has 6 nitrogen and oxygen atoms in total. The lowest BCUT2D eigenvalue weighted by Crippen LogP contribution is -2.45. The standard InChI is InChI=1S/C25H20FN5OS/c26-21-9-15(3-4-17(21)11-27)20-10-23(25(32)31-7-1-2-19(28)13-31)33-24(20)16-5-6-22-18(8-16)12-29-14-30-22/h3-6,8-10,12,14,19H,1-2,7,13,28H2. The second-order valence-corrected chi connectivity index (χ2v) is 9.16. The van der Waals surface area contributed by atoms with Crippen molar-refractivity contribution in [1.82, 2.24) is 14.9 Å². The van der Waals surface area contributed by atoms with E-state index in [0.29, 0.717) is 23.5 Å². The summed E-state index contributed by atoms with van der Waals surface area (Å²) < 4.78 is 14.5. The second-order valence-electron chi connectivity index (χ2n) is 8.11. The number of hydrogen-bond donors (Lipinski definition) is 1. The molecule has 164 valence electrons. The number of fused-ring (bicyclic) bond motifs is 1. The molecule has 1 amide bonds. The van der Waals surface area contributed by atoms with Gasteiger partial charge in [-0.15, -0.1) is 11.3 Å². The van der Waals surface area contributed by atoms with Crippen LogP contribution in [0.1, 0.15) is 28.1 Å². The monoisotopic (exact) mass is 457 g/mol. The Morgan fingerprint density at radius 3 is 2.85 bits per heavy atom. The van der Waals surface area contributed by atoms with Crippen molar-refractivity contribution in [3.8, 4) is 27.6 Å². The zero-order valence-electron chi connectivity index (χ0n) is 17.7. The molecule has 8 heteroatoms. The number of benzene rings is 2. The van der Waals surface area contributed by atoms with Gasteiger partial charge in [-0.05, 0) is 54.3 Å². The summed E-state index contributed by atoms with van der Waals surface area (Å²) in [7, 11) is 0. The second kappa shape index (κ2) is 8.70. The summed E-state index contributed by atoms with van der Waals surface area (Å²) in [6.07, 6.45) is 5.03. The van der Waals surface area contributed by atoms with Crippen LogP contribution in [0.4, 0.5) is 4.39 Å². The molecule has 2 N–H and O–H groups in total. The molecule has 4 aromatic rings. The van der Waals surface area contributed by atoms with Gasteiger partial charge < -0.3 is 10.6 Å². The van der Waals surface area contributed by atoms with Crippen molar-refractivity contribution in [2.45, 2.75) is 18.9 Å². The fraction of sp³-hybridized carbons (Fsp3) is 0.200. The SMILES string of the molecule is N#Cc1ccc(-c2cc(C(=O)N3CCCC(N)C3)sc2-c2ccc3ncncc3c2)cc1F. The Hall–Kier alpha value is -3.67. The number of carbonyl (C=O) groups excluding carboxylic acids is 1. The molecule has 1 saturated heterocycles. The first kappa shape index (κ1) is 21.2. The lowest BCUT2D eigenvalue weighted by Gasteiger charge is -2.30. The van der Waals surface area contributed by atoms with E-state index >= 15 is 0 Å². The highest BCUT2D eigenvalue weighted by Crippen LogP contribution is 2.41. The van der Waals surface area contributed by atoms with Crippen molar-refractivity contribution in [2.24, 2.45) is 5.73 Å². The Balaban J connectivity index is 1.63. The van der Waals surface area contributed by atoms with Crippen LogP contribution in [0.15, 0.2) is 55.0 Å². The summed E-state index contributed by atoms with van der Waals surface area (Å²) in [6.45, 7) is 1.20. The first-order valence-corrected chi connectivity index (χ1v) is 11.4. The Bertz CT molecular complexity index is 1410. The maximum absolute atomic E-state index is 14.5. The smallest absolute Gasteiger partial charge is 0.264 e. The molecule has 3 heterocycles. The van der Waals surface area contributed by atoms with Gasteiger partial charge in [0, 0.05) is 41.2 Å². The average molecular weight is 458 g/mol. The lowest BCUT2D eigenvalue weighted by molar-refractivity contribution is 0.0714. The van der Waals surface area contributed by atoms with Gasteiger partial charge in [0.2, 0.25) is 0 Å². The quantitative estimate of drug-likeness (QED) is 0.485. The van der Waals surface area contributed by atoms with Gasteiger partial charge in [0.05, 0.1) is 16.0 Å². The van der Waals surface area contributed by atoms with E-state index in [0.717, 1.165) is 39.7 Å². The zero-order chi connectivity index (χ0) is 22.9. The Morgan fingerprint density at radius 1 is 1.21 bits per heavy atom. The van der Waals surface area contributed by atoms with Crippen LogP contribution < -0.4 is 5.73 Å². The van der Waals surface area contributed by atoms with Gasteiger partial charge in [-0.25, -0.2) is 14.4 Å². The van der Waals surface area contributed by atoms with Crippen molar-refractivity contribution < 1.29 is 9.18 Å². The average Bonchev–Trinajstić information content (AvgIpc) is 3.29. The third-order valence-electron chi connectivity index (χ3n) is 5.86. The van der Waals surface area contributed by atoms with E-state index in [-0.39, 0.29) is 17.5 Å². The number of likely N-dealkylation sites (tertiary alicyclic amines) is 1. The minimum absolute atomic E-state index is 0.0167. The summed E-state index contributed by atoms with van der Waals surface area (Å²) in [4.78, 5) is 24.9. The number of nitriles is 1. The number of piperidine rings is 1. The van der Waals surface area contributed by atoms with Crippen molar-refractivity contribution in [1.29, 1.82) is 5.26 Å². The zero-order valence-corrected chi connectivity index (χ0v) is 18.5. The fourth-order valence-electron chi connectivity index (χ4n) is 4.17. The molecule has 2 aromatic heterocycles. The van der Waals surface area contributed by atoms with Gasteiger partial charge in [0.1, 0.15) is 18.2 Å². The molecular formula is C25H20FN5OS. The largest absolute Gasteiger partial charge is 0.336 e. The molecule has 0 spiro atoms. The number of nitrogens with two attached hydrogens (primary N) is 1. The van der Waals surface area contributed by atoms with Crippen LogP contribution in [0.3, 0.4) is 0 Å². The molecule has 1 aliphatic heterocycles. The van der Waals surface area contributed by atoms with E-state index in [1.165, 1.54) is 29.8 Å². The lowest BCUT2D eigenvalue weighted by atomic mass is 10.00. The number of amides is 1. The van der Waals surface area contributed by atoms with Crippen LogP contribution in [0.25, 0.3) is 32.5 Å². The summed E-state index contributed by atoms with van der Waals surface area (Å²) >= 11 is 1.37. The van der Waals surface area contributed by atoms with Crippen molar-refractivity contribution in [3.05, 3.63) is 71.2 Å². The molecule has 0 saturated carbocycles. The number of rotatable bonds is 3. The first-order valence-electron chi connectivity index (χ1n) is 10.6. The molecule has 33 heavy (non-hydrogen) atoms. The predicted molar refractivity (Wildman–Crippen MR) is 126 cm³/mol. The number of hydrogen-bond acceptors (Lipinski definition) is 6. The van der Waals surface area contributed by atoms with Crippen LogP contribution in [-0.2, 0) is 0 Å². The van der Waals surface area contributed by atoms with Crippen LogP contribution in [-0.4, -0.2) is 39.9 Å². The number of thiophene rings is 1. The van der Waals surface area contributed by atoms with Crippen LogP contribution in [0.5, 0.6) is 0 Å². The van der Waals surface area contributed by atoms with E-state index in [1.54, 1.807) is 17.2 Å². The Kier molecular flexibility index (Phi) is 5.58. The Morgan fingerprint density at radius 2 is 2.06 bits per heavy atom. The molecule has 2 aromatic carbocycles. The normalized spacial score (nSPS) is 16.0. The molecular weight excluding hydrogens is 437 g/mol. The highest BCUT2D eigenvalue weighted by Gasteiger charge is 2.25. The van der Waals surface area contributed by atoms with Crippen molar-refractivity contribution in [3.63, 3.8) is 0 Å². The van der Waals surface area contributed by atoms with E-state index < -0.39 is 5.82 Å². The van der Waals surface area contributed by atoms with Crippen molar-refractivity contribution >= 4 is 28.1 Å². The summed E-state index contributed by atoms with van der Waals surface area (Å²) in [5, 5.41) is 9.97. The third kappa shape index (κ3) is 4.09. The number of aromatic nitrogens is 2. The minimum Gasteiger partial charge on any atom is -0.336 e. The maximum atomic E-state index is 14.5. The fourth-order valence-corrected chi connectivity index (χ4v) is 5.32. The van der Waals surface area contributed by atoms with E-state index in [4.69, 9.17) is 11.0 Å². The maximum Gasteiger partial charge on any atom is 0.264 e. The summed E-state index contributed by atoms with van der Waals surface area (Å²) in [5.74, 6) is -0.658. The molecule has 1 atom stereocenters. The highest BCUT2D eigenvalue weighted by atomic mass is 32.1. The summed E-state index contributed by atoms with van der Waals surface area (Å²) in [6, 6.07) is 14.0. The van der Waals surface area contributed by atoms with Gasteiger partial charge in [-0.3, -0.25) is 4.79 Å². The predicted octanol–water partition coefficient (Wildman–Crippen LogP) is 4.60. The van der Waals surface area contributed by atoms with Crippen LogP contribution >= 0.6 is 11.3 Å². The first-order chi connectivity index (χ1) is 16.0. The topological polar surface area (TPSA) is 95.9 Å². The van der Waals surface area contributed by atoms with Crippen LogP contribution in [0, 0.1) is 17.1 Å². The van der Waals surface area contributed by atoms with Gasteiger partial charge in [0.15, 0.2) is 0 Å².